The maximum atomic E-state index is 6.17. The molecule has 0 aromatic heterocycles. The van der Waals surface area contributed by atoms with Gasteiger partial charge in [0.1, 0.15) is 11.5 Å². The molecule has 0 aliphatic carbocycles. The van der Waals surface area contributed by atoms with Gasteiger partial charge in [0.15, 0.2) is 0 Å². The molecule has 0 radical (unpaired) electrons. The molecule has 0 heterocycles. The van der Waals surface area contributed by atoms with E-state index in [0.29, 0.717) is 0 Å². The Balaban J connectivity index is 2.42. The standard InChI is InChI=1S/C26H47NO2/c1-4-7-9-11-13-15-20-28-25-18-17-24(23-27-19-6-3)26(22-25)29-21-16-14-12-10-8-5-2/h17-18,22,27H,4-16,19-21,23H2,1-3H3. The zero-order chi connectivity index (χ0) is 21.0. The zero-order valence-corrected chi connectivity index (χ0v) is 19.6. The van der Waals surface area contributed by atoms with Crippen molar-refractivity contribution < 1.29 is 9.47 Å². The number of hydrogen-bond donors (Lipinski definition) is 1. The Hall–Kier alpha value is -1.22. The zero-order valence-electron chi connectivity index (χ0n) is 19.6. The highest BCUT2D eigenvalue weighted by Gasteiger charge is 2.07. The lowest BCUT2D eigenvalue weighted by atomic mass is 10.1. The predicted octanol–water partition coefficient (Wildman–Crippen LogP) is 7.66. The highest BCUT2D eigenvalue weighted by atomic mass is 16.5. The number of unbranched alkanes of at least 4 members (excludes halogenated alkanes) is 10. The third-order valence-electron chi connectivity index (χ3n) is 5.30. The molecule has 0 aliphatic rings. The van der Waals surface area contributed by atoms with E-state index in [2.05, 4.69) is 44.3 Å². The Labute approximate surface area is 181 Å². The van der Waals surface area contributed by atoms with Gasteiger partial charge in [0, 0.05) is 18.2 Å². The van der Waals surface area contributed by atoms with Crippen molar-refractivity contribution in [2.45, 2.75) is 111 Å². The van der Waals surface area contributed by atoms with Crippen molar-refractivity contribution in [1.29, 1.82) is 0 Å². The van der Waals surface area contributed by atoms with Gasteiger partial charge in [-0.1, -0.05) is 91.0 Å². The van der Waals surface area contributed by atoms with Crippen molar-refractivity contribution >= 4 is 0 Å². The molecule has 1 aromatic rings. The molecule has 0 bridgehead atoms. The number of nitrogens with one attached hydrogen (secondary N) is 1. The van der Waals surface area contributed by atoms with Crippen molar-refractivity contribution in [2.24, 2.45) is 0 Å². The summed E-state index contributed by atoms with van der Waals surface area (Å²) in [6.45, 7) is 10.2. The Morgan fingerprint density at radius 3 is 1.86 bits per heavy atom. The first-order valence-electron chi connectivity index (χ1n) is 12.4. The second-order valence-corrected chi connectivity index (χ2v) is 8.18. The Bertz CT molecular complexity index is 490. The van der Waals surface area contributed by atoms with Crippen LogP contribution in [-0.4, -0.2) is 19.8 Å². The minimum atomic E-state index is 0.799. The van der Waals surface area contributed by atoms with E-state index in [1.807, 2.05) is 0 Å². The van der Waals surface area contributed by atoms with E-state index < -0.39 is 0 Å². The lowest BCUT2D eigenvalue weighted by molar-refractivity contribution is 0.287. The maximum Gasteiger partial charge on any atom is 0.127 e. The molecule has 0 unspecified atom stereocenters. The molecule has 0 atom stereocenters. The van der Waals surface area contributed by atoms with Crippen molar-refractivity contribution in [3.8, 4) is 11.5 Å². The summed E-state index contributed by atoms with van der Waals surface area (Å²) in [6, 6.07) is 6.35. The van der Waals surface area contributed by atoms with Crippen LogP contribution < -0.4 is 14.8 Å². The van der Waals surface area contributed by atoms with E-state index in [9.17, 15) is 0 Å². The van der Waals surface area contributed by atoms with Crippen molar-refractivity contribution in [3.05, 3.63) is 23.8 Å². The summed E-state index contributed by atoms with van der Waals surface area (Å²) in [5, 5.41) is 3.49. The van der Waals surface area contributed by atoms with Gasteiger partial charge in [-0.25, -0.2) is 0 Å². The molecule has 0 aliphatic heterocycles. The van der Waals surface area contributed by atoms with E-state index in [-0.39, 0.29) is 0 Å². The average Bonchev–Trinajstić information content (AvgIpc) is 2.74. The normalized spacial score (nSPS) is 11.0. The van der Waals surface area contributed by atoms with Crippen LogP contribution in [0, 0.1) is 0 Å². The van der Waals surface area contributed by atoms with E-state index in [0.717, 1.165) is 57.1 Å². The molecule has 1 aromatic carbocycles. The summed E-state index contributed by atoms with van der Waals surface area (Å²) < 4.78 is 12.2. The van der Waals surface area contributed by atoms with Crippen molar-refractivity contribution in [3.63, 3.8) is 0 Å². The van der Waals surface area contributed by atoms with Crippen LogP contribution in [0.1, 0.15) is 110 Å². The SMILES string of the molecule is CCCCCCCCOc1ccc(CNCCC)c(OCCCCCCCC)c1. The van der Waals surface area contributed by atoms with Crippen LogP contribution in [-0.2, 0) is 6.54 Å². The molecule has 3 heteroatoms. The monoisotopic (exact) mass is 405 g/mol. The van der Waals surface area contributed by atoms with E-state index in [1.54, 1.807) is 0 Å². The first kappa shape index (κ1) is 25.8. The largest absolute Gasteiger partial charge is 0.493 e. The molecule has 0 amide bonds. The smallest absolute Gasteiger partial charge is 0.127 e. The van der Waals surface area contributed by atoms with Gasteiger partial charge in [-0.05, 0) is 31.9 Å². The van der Waals surface area contributed by atoms with E-state index >= 15 is 0 Å². The molecule has 0 fully saturated rings. The maximum absolute atomic E-state index is 6.17. The van der Waals surface area contributed by atoms with Crippen LogP contribution in [0.4, 0.5) is 0 Å². The number of ether oxygens (including phenoxy) is 2. The number of hydrogen-bond acceptors (Lipinski definition) is 3. The third-order valence-corrected chi connectivity index (χ3v) is 5.30. The minimum absolute atomic E-state index is 0.799. The van der Waals surface area contributed by atoms with Gasteiger partial charge in [-0.3, -0.25) is 0 Å². The first-order chi connectivity index (χ1) is 14.3. The van der Waals surface area contributed by atoms with Gasteiger partial charge < -0.3 is 14.8 Å². The number of benzene rings is 1. The van der Waals surface area contributed by atoms with Crippen LogP contribution in [0.2, 0.25) is 0 Å². The summed E-state index contributed by atoms with van der Waals surface area (Å²) >= 11 is 0. The quantitative estimate of drug-likeness (QED) is 0.226. The Morgan fingerprint density at radius 2 is 1.24 bits per heavy atom. The van der Waals surface area contributed by atoms with Gasteiger partial charge in [0.2, 0.25) is 0 Å². The Kier molecular flexibility index (Phi) is 16.7. The lowest BCUT2D eigenvalue weighted by Gasteiger charge is -2.15. The highest BCUT2D eigenvalue weighted by molar-refractivity contribution is 5.40. The van der Waals surface area contributed by atoms with Crippen LogP contribution in [0.15, 0.2) is 18.2 Å². The molecule has 1 rings (SSSR count). The molecule has 0 saturated carbocycles. The molecule has 0 spiro atoms. The van der Waals surface area contributed by atoms with E-state index in [1.165, 1.54) is 69.8 Å². The summed E-state index contributed by atoms with van der Waals surface area (Å²) in [5.74, 6) is 1.93. The predicted molar refractivity (Wildman–Crippen MR) is 126 cm³/mol. The van der Waals surface area contributed by atoms with Crippen LogP contribution in [0.25, 0.3) is 0 Å². The summed E-state index contributed by atoms with van der Waals surface area (Å²) in [4.78, 5) is 0. The second-order valence-electron chi connectivity index (χ2n) is 8.18. The molecule has 0 saturated heterocycles. The molecular formula is C26H47NO2. The van der Waals surface area contributed by atoms with Gasteiger partial charge >= 0.3 is 0 Å². The van der Waals surface area contributed by atoms with Crippen LogP contribution in [0.5, 0.6) is 11.5 Å². The first-order valence-corrected chi connectivity index (χ1v) is 12.4. The average molecular weight is 406 g/mol. The van der Waals surface area contributed by atoms with Crippen LogP contribution in [0.3, 0.4) is 0 Å². The molecule has 1 N–H and O–H groups in total. The minimum Gasteiger partial charge on any atom is -0.493 e. The highest BCUT2D eigenvalue weighted by Crippen LogP contribution is 2.26. The second kappa shape index (κ2) is 18.8. The fraction of sp³-hybridized carbons (Fsp3) is 0.769. The molecule has 29 heavy (non-hydrogen) atoms. The van der Waals surface area contributed by atoms with Crippen LogP contribution >= 0.6 is 0 Å². The van der Waals surface area contributed by atoms with E-state index in [4.69, 9.17) is 9.47 Å². The fourth-order valence-corrected chi connectivity index (χ4v) is 3.44. The molecule has 3 nitrogen and oxygen atoms in total. The topological polar surface area (TPSA) is 30.5 Å². The number of rotatable bonds is 20. The van der Waals surface area contributed by atoms with Gasteiger partial charge in [-0.15, -0.1) is 0 Å². The van der Waals surface area contributed by atoms with Crippen molar-refractivity contribution in [1.82, 2.24) is 5.32 Å². The molecule has 168 valence electrons. The lowest BCUT2D eigenvalue weighted by Crippen LogP contribution is -2.15. The summed E-state index contributed by atoms with van der Waals surface area (Å²) in [5.41, 5.74) is 1.23. The third kappa shape index (κ3) is 13.6. The van der Waals surface area contributed by atoms with Crippen molar-refractivity contribution in [2.75, 3.05) is 19.8 Å². The van der Waals surface area contributed by atoms with Gasteiger partial charge in [0.05, 0.1) is 13.2 Å². The van der Waals surface area contributed by atoms with Gasteiger partial charge in [0.25, 0.3) is 0 Å². The summed E-state index contributed by atoms with van der Waals surface area (Å²) in [6.07, 6.45) is 16.6. The summed E-state index contributed by atoms with van der Waals surface area (Å²) in [7, 11) is 0. The fourth-order valence-electron chi connectivity index (χ4n) is 3.44. The Morgan fingerprint density at radius 1 is 0.655 bits per heavy atom. The molecular weight excluding hydrogens is 358 g/mol. The van der Waals surface area contributed by atoms with Gasteiger partial charge in [-0.2, -0.15) is 0 Å².